The second kappa shape index (κ2) is 10.5. The Morgan fingerprint density at radius 2 is 1.69 bits per heavy atom. The summed E-state index contributed by atoms with van der Waals surface area (Å²) in [6.07, 6.45) is 3.50. The first-order chi connectivity index (χ1) is 13.7. The summed E-state index contributed by atoms with van der Waals surface area (Å²) < 4.78 is 51.4. The van der Waals surface area contributed by atoms with Crippen LogP contribution in [0.15, 0.2) is 29.2 Å². The molecule has 0 atom stereocenters. The van der Waals surface area contributed by atoms with E-state index in [-0.39, 0.29) is 23.0 Å². The third kappa shape index (κ3) is 6.77. The van der Waals surface area contributed by atoms with E-state index in [9.17, 15) is 21.6 Å². The van der Waals surface area contributed by atoms with Crippen molar-refractivity contribution in [3.63, 3.8) is 0 Å². The minimum Gasteiger partial charge on any atom is -0.356 e. The van der Waals surface area contributed by atoms with E-state index >= 15 is 0 Å². The van der Waals surface area contributed by atoms with Crippen LogP contribution in [0, 0.1) is 0 Å². The second-order valence-electron chi connectivity index (χ2n) is 7.21. The molecule has 0 aliphatic carbocycles. The molecule has 1 fully saturated rings. The SMILES string of the molecule is CCS(=O)(=O)N(C)CCCNC(=O)Cc1ccc(S(=O)(=O)N2CCCCC2)cc1. The summed E-state index contributed by atoms with van der Waals surface area (Å²) in [7, 11) is -5.14. The zero-order chi connectivity index (χ0) is 21.5. The van der Waals surface area contributed by atoms with Crippen molar-refractivity contribution in [2.24, 2.45) is 0 Å². The van der Waals surface area contributed by atoms with Gasteiger partial charge in [0.25, 0.3) is 0 Å². The number of carbonyl (C=O) groups is 1. The highest BCUT2D eigenvalue weighted by Crippen LogP contribution is 2.21. The number of nitrogens with one attached hydrogen (secondary N) is 1. The lowest BCUT2D eigenvalue weighted by molar-refractivity contribution is -0.120. The van der Waals surface area contributed by atoms with Crippen molar-refractivity contribution in [3.8, 4) is 0 Å². The Labute approximate surface area is 174 Å². The lowest BCUT2D eigenvalue weighted by Gasteiger charge is -2.25. The molecule has 10 heteroatoms. The van der Waals surface area contributed by atoms with Gasteiger partial charge in [-0.15, -0.1) is 0 Å². The fourth-order valence-corrected chi connectivity index (χ4v) is 5.54. The molecule has 0 aromatic heterocycles. The summed E-state index contributed by atoms with van der Waals surface area (Å²) in [5.74, 6) is -0.128. The van der Waals surface area contributed by atoms with Crippen LogP contribution in [0.4, 0.5) is 0 Å². The molecule has 164 valence electrons. The van der Waals surface area contributed by atoms with Gasteiger partial charge in [0, 0.05) is 33.2 Å². The van der Waals surface area contributed by atoms with Crippen molar-refractivity contribution in [1.29, 1.82) is 0 Å². The van der Waals surface area contributed by atoms with E-state index in [1.165, 1.54) is 15.7 Å². The first-order valence-electron chi connectivity index (χ1n) is 9.96. The van der Waals surface area contributed by atoms with Gasteiger partial charge in [0.1, 0.15) is 0 Å². The zero-order valence-corrected chi connectivity index (χ0v) is 18.8. The number of nitrogens with zero attached hydrogens (tertiary/aromatic N) is 2. The Kier molecular flexibility index (Phi) is 8.62. The van der Waals surface area contributed by atoms with Gasteiger partial charge < -0.3 is 5.32 Å². The van der Waals surface area contributed by atoms with Gasteiger partial charge in [0.15, 0.2) is 0 Å². The van der Waals surface area contributed by atoms with Crippen LogP contribution in [0.1, 0.15) is 38.2 Å². The molecule has 1 aliphatic heterocycles. The molecule has 0 spiro atoms. The molecular formula is C19H31N3O5S2. The summed E-state index contributed by atoms with van der Waals surface area (Å²) in [6.45, 7) is 3.43. The molecule has 1 aliphatic rings. The van der Waals surface area contributed by atoms with Gasteiger partial charge in [-0.1, -0.05) is 18.6 Å². The summed E-state index contributed by atoms with van der Waals surface area (Å²) in [5.41, 5.74) is 0.728. The third-order valence-corrected chi connectivity index (χ3v) is 8.83. The molecule has 8 nitrogen and oxygen atoms in total. The highest BCUT2D eigenvalue weighted by molar-refractivity contribution is 7.89. The van der Waals surface area contributed by atoms with Crippen LogP contribution >= 0.6 is 0 Å². The quantitative estimate of drug-likeness (QED) is 0.545. The number of rotatable bonds is 10. The summed E-state index contributed by atoms with van der Waals surface area (Å²) in [4.78, 5) is 12.3. The molecule has 1 aromatic rings. The van der Waals surface area contributed by atoms with Gasteiger partial charge in [-0.2, -0.15) is 4.31 Å². The first-order valence-corrected chi connectivity index (χ1v) is 13.0. The zero-order valence-electron chi connectivity index (χ0n) is 17.1. The van der Waals surface area contributed by atoms with Crippen molar-refractivity contribution < 1.29 is 21.6 Å². The maximum absolute atomic E-state index is 12.6. The van der Waals surface area contributed by atoms with Crippen molar-refractivity contribution in [2.45, 2.75) is 43.9 Å². The molecule has 1 aromatic carbocycles. The average Bonchev–Trinajstić information content (AvgIpc) is 2.72. The highest BCUT2D eigenvalue weighted by atomic mass is 32.2. The largest absolute Gasteiger partial charge is 0.356 e. The Hall–Kier alpha value is -1.49. The van der Waals surface area contributed by atoms with Crippen LogP contribution in [0.25, 0.3) is 0 Å². The first kappa shape index (κ1) is 23.8. The van der Waals surface area contributed by atoms with Gasteiger partial charge in [-0.05, 0) is 43.9 Å². The Morgan fingerprint density at radius 1 is 1.07 bits per heavy atom. The monoisotopic (exact) mass is 445 g/mol. The lowest BCUT2D eigenvalue weighted by atomic mass is 10.1. The van der Waals surface area contributed by atoms with Crippen molar-refractivity contribution in [3.05, 3.63) is 29.8 Å². The number of hydrogen-bond donors (Lipinski definition) is 1. The normalized spacial score (nSPS) is 16.1. The second-order valence-corrected chi connectivity index (χ2v) is 11.5. The standard InChI is InChI=1S/C19H31N3O5S2/c1-3-28(24,25)21(2)13-7-12-20-19(23)16-17-8-10-18(11-9-17)29(26,27)22-14-5-4-6-15-22/h8-11H,3-7,12-16H2,1-2H3,(H,20,23). The number of piperidine rings is 1. The number of carbonyl (C=O) groups excluding carboxylic acids is 1. The number of amides is 1. The highest BCUT2D eigenvalue weighted by Gasteiger charge is 2.25. The fourth-order valence-electron chi connectivity index (χ4n) is 3.17. The Balaban J connectivity index is 1.81. The van der Waals surface area contributed by atoms with E-state index in [0.717, 1.165) is 24.8 Å². The number of benzene rings is 1. The molecule has 0 unspecified atom stereocenters. The van der Waals surface area contributed by atoms with Crippen LogP contribution < -0.4 is 5.32 Å². The average molecular weight is 446 g/mol. The molecule has 1 heterocycles. The van der Waals surface area contributed by atoms with Crippen LogP contribution in [0.3, 0.4) is 0 Å². The summed E-state index contributed by atoms with van der Waals surface area (Å²) >= 11 is 0. The maximum Gasteiger partial charge on any atom is 0.243 e. The number of hydrogen-bond acceptors (Lipinski definition) is 5. The molecular weight excluding hydrogens is 414 g/mol. The van der Waals surface area contributed by atoms with Crippen LogP contribution in [0.2, 0.25) is 0 Å². The fraction of sp³-hybridized carbons (Fsp3) is 0.632. The van der Waals surface area contributed by atoms with Crippen molar-refractivity contribution >= 4 is 26.0 Å². The van der Waals surface area contributed by atoms with Crippen LogP contribution in [-0.2, 0) is 31.3 Å². The Morgan fingerprint density at radius 3 is 2.28 bits per heavy atom. The van der Waals surface area contributed by atoms with Gasteiger partial charge in [-0.25, -0.2) is 21.1 Å². The number of sulfonamides is 2. The van der Waals surface area contributed by atoms with E-state index in [0.29, 0.717) is 32.6 Å². The molecule has 0 bridgehead atoms. The molecule has 0 saturated carbocycles. The minimum atomic E-state index is -3.47. The van der Waals surface area contributed by atoms with E-state index < -0.39 is 20.0 Å². The van der Waals surface area contributed by atoms with E-state index in [4.69, 9.17) is 0 Å². The molecule has 1 N–H and O–H groups in total. The topological polar surface area (TPSA) is 104 Å². The molecule has 0 radical (unpaired) electrons. The summed E-state index contributed by atoms with van der Waals surface area (Å²) in [5, 5.41) is 2.77. The molecule has 1 saturated heterocycles. The Bertz CT molecular complexity index is 877. The van der Waals surface area contributed by atoms with Crippen molar-refractivity contribution in [2.75, 3.05) is 39.0 Å². The molecule has 1 amide bonds. The summed E-state index contributed by atoms with van der Waals surface area (Å²) in [6, 6.07) is 6.43. The van der Waals surface area contributed by atoms with Crippen LogP contribution in [0.5, 0.6) is 0 Å². The van der Waals surface area contributed by atoms with E-state index in [1.54, 1.807) is 31.2 Å². The lowest BCUT2D eigenvalue weighted by Crippen LogP contribution is -2.35. The molecule has 2 rings (SSSR count). The van der Waals surface area contributed by atoms with Gasteiger partial charge in [-0.3, -0.25) is 4.79 Å². The van der Waals surface area contributed by atoms with Gasteiger partial charge in [0.2, 0.25) is 26.0 Å². The predicted molar refractivity (Wildman–Crippen MR) is 112 cm³/mol. The van der Waals surface area contributed by atoms with Crippen molar-refractivity contribution in [1.82, 2.24) is 13.9 Å². The third-order valence-electron chi connectivity index (χ3n) is 5.05. The predicted octanol–water partition coefficient (Wildman–Crippen LogP) is 1.19. The maximum atomic E-state index is 12.6. The molecule has 29 heavy (non-hydrogen) atoms. The smallest absolute Gasteiger partial charge is 0.243 e. The van der Waals surface area contributed by atoms with Gasteiger partial charge >= 0.3 is 0 Å². The minimum absolute atomic E-state index is 0.0549. The van der Waals surface area contributed by atoms with Crippen LogP contribution in [-0.4, -0.2) is 70.3 Å². The van der Waals surface area contributed by atoms with Gasteiger partial charge in [0.05, 0.1) is 17.1 Å². The van der Waals surface area contributed by atoms with E-state index in [2.05, 4.69) is 5.32 Å². The van der Waals surface area contributed by atoms with E-state index in [1.807, 2.05) is 0 Å².